The van der Waals surface area contributed by atoms with Gasteiger partial charge in [-0.1, -0.05) is 11.8 Å². The standard InChI is InChI=1S/C12H13BrN4O2S/c1-7-14-15-12(20-3)17(7)16-11(18)8-4-5-10(19-2)9(13)6-8/h4-6H,1-3H3,(H,16,18). The lowest BCUT2D eigenvalue weighted by Crippen LogP contribution is -2.24. The second-order valence-corrected chi connectivity index (χ2v) is 5.49. The lowest BCUT2D eigenvalue weighted by Gasteiger charge is -2.10. The van der Waals surface area contributed by atoms with Gasteiger partial charge in [0, 0.05) is 5.56 Å². The van der Waals surface area contributed by atoms with Crippen LogP contribution in [0.5, 0.6) is 5.75 Å². The van der Waals surface area contributed by atoms with E-state index in [-0.39, 0.29) is 5.91 Å². The number of nitrogens with one attached hydrogen (secondary N) is 1. The Morgan fingerprint density at radius 3 is 2.80 bits per heavy atom. The van der Waals surface area contributed by atoms with Gasteiger partial charge in [-0.05, 0) is 47.3 Å². The van der Waals surface area contributed by atoms with Crippen molar-refractivity contribution in [2.24, 2.45) is 0 Å². The Kier molecular flexibility index (Phi) is 4.66. The van der Waals surface area contributed by atoms with Crippen molar-refractivity contribution in [3.8, 4) is 5.75 Å². The maximum atomic E-state index is 12.2. The fourth-order valence-corrected chi connectivity index (χ4v) is 2.60. The smallest absolute Gasteiger partial charge is 0.270 e. The van der Waals surface area contributed by atoms with Gasteiger partial charge < -0.3 is 4.74 Å². The van der Waals surface area contributed by atoms with E-state index in [2.05, 4.69) is 31.6 Å². The van der Waals surface area contributed by atoms with Crippen LogP contribution in [-0.2, 0) is 0 Å². The summed E-state index contributed by atoms with van der Waals surface area (Å²) in [5.41, 5.74) is 3.27. The average Bonchev–Trinajstić information content (AvgIpc) is 2.79. The summed E-state index contributed by atoms with van der Waals surface area (Å²) in [6.07, 6.45) is 1.87. The number of methoxy groups -OCH3 is 1. The molecule has 0 aliphatic heterocycles. The van der Waals surface area contributed by atoms with Crippen LogP contribution in [0.25, 0.3) is 0 Å². The van der Waals surface area contributed by atoms with E-state index in [1.54, 1.807) is 36.9 Å². The molecule has 2 aromatic rings. The van der Waals surface area contributed by atoms with Crippen LogP contribution < -0.4 is 10.2 Å². The van der Waals surface area contributed by atoms with E-state index in [0.717, 1.165) is 4.47 Å². The predicted molar refractivity (Wildman–Crippen MR) is 80.9 cm³/mol. The molecular formula is C12H13BrN4O2S. The molecule has 1 amide bonds. The van der Waals surface area contributed by atoms with Crippen molar-refractivity contribution in [1.82, 2.24) is 14.9 Å². The number of amides is 1. The van der Waals surface area contributed by atoms with E-state index in [0.29, 0.717) is 22.3 Å². The van der Waals surface area contributed by atoms with Gasteiger partial charge in [0.2, 0.25) is 5.16 Å². The summed E-state index contributed by atoms with van der Waals surface area (Å²) in [4.78, 5) is 12.2. The zero-order chi connectivity index (χ0) is 14.7. The van der Waals surface area contributed by atoms with Crippen LogP contribution in [0, 0.1) is 6.92 Å². The van der Waals surface area contributed by atoms with E-state index >= 15 is 0 Å². The highest BCUT2D eigenvalue weighted by Gasteiger charge is 2.13. The summed E-state index contributed by atoms with van der Waals surface area (Å²) >= 11 is 4.76. The molecule has 0 saturated carbocycles. The first-order valence-electron chi connectivity index (χ1n) is 5.67. The minimum absolute atomic E-state index is 0.244. The molecule has 0 aliphatic rings. The van der Waals surface area contributed by atoms with Crippen molar-refractivity contribution < 1.29 is 9.53 Å². The molecule has 1 N–H and O–H groups in total. The number of halogens is 1. The van der Waals surface area contributed by atoms with Crippen LogP contribution >= 0.6 is 27.7 Å². The summed E-state index contributed by atoms with van der Waals surface area (Å²) in [7, 11) is 1.57. The number of aryl methyl sites for hydroxylation is 1. The van der Waals surface area contributed by atoms with Crippen molar-refractivity contribution in [3.05, 3.63) is 34.1 Å². The quantitative estimate of drug-likeness (QED) is 0.852. The topological polar surface area (TPSA) is 69.0 Å². The van der Waals surface area contributed by atoms with Gasteiger partial charge in [-0.25, -0.2) is 4.68 Å². The SMILES string of the molecule is COc1ccc(C(=O)Nn2c(C)nnc2SC)cc1Br. The fraction of sp³-hybridized carbons (Fsp3) is 0.250. The second kappa shape index (κ2) is 6.27. The summed E-state index contributed by atoms with van der Waals surface area (Å²) in [5.74, 6) is 1.05. The Morgan fingerprint density at radius 1 is 1.45 bits per heavy atom. The number of thioether (sulfide) groups is 1. The first-order valence-corrected chi connectivity index (χ1v) is 7.69. The maximum absolute atomic E-state index is 12.2. The van der Waals surface area contributed by atoms with Crippen molar-refractivity contribution in [2.45, 2.75) is 12.1 Å². The summed E-state index contributed by atoms with van der Waals surface area (Å²) in [5, 5.41) is 8.51. The van der Waals surface area contributed by atoms with Gasteiger partial charge in [0.1, 0.15) is 11.6 Å². The van der Waals surface area contributed by atoms with Gasteiger partial charge in [-0.2, -0.15) is 0 Å². The monoisotopic (exact) mass is 356 g/mol. The predicted octanol–water partition coefficient (Wildman–Crippen LogP) is 2.46. The van der Waals surface area contributed by atoms with Crippen molar-refractivity contribution in [1.29, 1.82) is 0 Å². The number of rotatable bonds is 4. The van der Waals surface area contributed by atoms with Crippen molar-refractivity contribution in [3.63, 3.8) is 0 Å². The third kappa shape index (κ3) is 2.96. The third-order valence-electron chi connectivity index (χ3n) is 2.61. The van der Waals surface area contributed by atoms with Crippen LogP contribution in [-0.4, -0.2) is 34.1 Å². The number of aromatic nitrogens is 3. The Hall–Kier alpha value is -1.54. The second-order valence-electron chi connectivity index (χ2n) is 3.86. The molecule has 1 heterocycles. The minimum Gasteiger partial charge on any atom is -0.496 e. The fourth-order valence-electron chi connectivity index (χ4n) is 1.58. The molecule has 6 nitrogen and oxygen atoms in total. The van der Waals surface area contributed by atoms with Gasteiger partial charge in [-0.3, -0.25) is 10.2 Å². The van der Waals surface area contributed by atoms with Crippen LogP contribution in [0.3, 0.4) is 0 Å². The maximum Gasteiger partial charge on any atom is 0.270 e. The zero-order valence-corrected chi connectivity index (χ0v) is 13.6. The van der Waals surface area contributed by atoms with Gasteiger partial charge >= 0.3 is 0 Å². The number of hydrogen-bond donors (Lipinski definition) is 1. The summed E-state index contributed by atoms with van der Waals surface area (Å²) in [6.45, 7) is 1.77. The van der Waals surface area contributed by atoms with Crippen molar-refractivity contribution >= 4 is 33.6 Å². The number of benzene rings is 1. The summed E-state index contributed by atoms with van der Waals surface area (Å²) in [6, 6.07) is 5.12. The molecule has 0 unspecified atom stereocenters. The number of carbonyl (C=O) groups is 1. The Balaban J connectivity index is 2.24. The van der Waals surface area contributed by atoms with E-state index in [9.17, 15) is 4.79 Å². The molecule has 1 aromatic heterocycles. The Morgan fingerprint density at radius 2 is 2.20 bits per heavy atom. The molecule has 8 heteroatoms. The molecule has 2 rings (SSSR count). The largest absolute Gasteiger partial charge is 0.496 e. The van der Waals surface area contributed by atoms with Crippen LogP contribution in [0.2, 0.25) is 0 Å². The first-order chi connectivity index (χ1) is 9.56. The van der Waals surface area contributed by atoms with Crippen LogP contribution in [0.1, 0.15) is 16.2 Å². The molecule has 0 spiro atoms. The Labute approximate surface area is 129 Å². The van der Waals surface area contributed by atoms with Gasteiger partial charge in [0.25, 0.3) is 5.91 Å². The number of carbonyl (C=O) groups excluding carboxylic acids is 1. The van der Waals surface area contributed by atoms with E-state index in [1.807, 2.05) is 6.26 Å². The lowest BCUT2D eigenvalue weighted by molar-refractivity contribution is 0.100. The molecule has 0 aliphatic carbocycles. The lowest BCUT2D eigenvalue weighted by atomic mass is 10.2. The molecule has 0 fully saturated rings. The average molecular weight is 357 g/mol. The Bertz CT molecular complexity index is 644. The molecule has 0 saturated heterocycles. The van der Waals surface area contributed by atoms with Gasteiger partial charge in [-0.15, -0.1) is 10.2 Å². The molecule has 1 aromatic carbocycles. The molecular weight excluding hydrogens is 344 g/mol. The van der Waals surface area contributed by atoms with Gasteiger partial charge in [0.05, 0.1) is 11.6 Å². The minimum atomic E-state index is -0.244. The van der Waals surface area contributed by atoms with Gasteiger partial charge in [0.15, 0.2) is 0 Å². The number of ether oxygens (including phenoxy) is 1. The summed E-state index contributed by atoms with van der Waals surface area (Å²) < 4.78 is 7.42. The van der Waals surface area contributed by atoms with Crippen LogP contribution in [0.15, 0.2) is 27.8 Å². The van der Waals surface area contributed by atoms with E-state index in [4.69, 9.17) is 4.74 Å². The third-order valence-corrected chi connectivity index (χ3v) is 3.85. The number of nitrogens with zero attached hydrogens (tertiary/aromatic N) is 3. The highest BCUT2D eigenvalue weighted by Crippen LogP contribution is 2.25. The molecule has 0 radical (unpaired) electrons. The molecule has 20 heavy (non-hydrogen) atoms. The highest BCUT2D eigenvalue weighted by atomic mass is 79.9. The van der Waals surface area contributed by atoms with Crippen LogP contribution in [0.4, 0.5) is 0 Å². The molecule has 0 atom stereocenters. The zero-order valence-electron chi connectivity index (χ0n) is 11.2. The molecule has 0 bridgehead atoms. The normalized spacial score (nSPS) is 10.4. The first kappa shape index (κ1) is 14.9. The van der Waals surface area contributed by atoms with E-state index < -0.39 is 0 Å². The number of hydrogen-bond acceptors (Lipinski definition) is 5. The highest BCUT2D eigenvalue weighted by molar-refractivity contribution is 9.10. The van der Waals surface area contributed by atoms with Crippen molar-refractivity contribution in [2.75, 3.05) is 18.8 Å². The van der Waals surface area contributed by atoms with E-state index in [1.165, 1.54) is 11.8 Å². The molecule has 106 valence electrons.